The molecular weight excluding hydrogens is 252 g/mol. The lowest BCUT2D eigenvalue weighted by Gasteiger charge is -2.26. The van der Waals surface area contributed by atoms with Crippen molar-refractivity contribution in [3.8, 4) is 0 Å². The van der Waals surface area contributed by atoms with Crippen molar-refractivity contribution in [2.75, 3.05) is 6.54 Å². The quantitative estimate of drug-likeness (QED) is 0.887. The zero-order valence-electron chi connectivity index (χ0n) is 10.6. The standard InChI is InChI=1S/C13H20N2O2.ClH/c1-9-5-6-12(17-9)13(16)15-8-10-3-2-4-11(14)7-10;/h5-6,10-11H,2-4,7-8,14H2,1H3,(H,15,16);1H. The third-order valence-electron chi connectivity index (χ3n) is 3.34. The molecule has 0 aliphatic heterocycles. The summed E-state index contributed by atoms with van der Waals surface area (Å²) in [5.74, 6) is 1.54. The average Bonchev–Trinajstić information content (AvgIpc) is 2.73. The van der Waals surface area contributed by atoms with Gasteiger partial charge < -0.3 is 15.5 Å². The molecule has 2 atom stereocenters. The van der Waals surface area contributed by atoms with Crippen molar-refractivity contribution >= 4 is 18.3 Å². The van der Waals surface area contributed by atoms with Crippen LogP contribution in [0.4, 0.5) is 0 Å². The molecule has 0 aromatic carbocycles. The number of nitrogens with two attached hydrogens (primary N) is 1. The van der Waals surface area contributed by atoms with E-state index < -0.39 is 0 Å². The zero-order chi connectivity index (χ0) is 12.3. The predicted octanol–water partition coefficient (Wildman–Crippen LogP) is 2.26. The van der Waals surface area contributed by atoms with Crippen LogP contribution >= 0.6 is 12.4 Å². The normalized spacial score (nSPS) is 23.2. The molecular formula is C13H21ClN2O2. The minimum Gasteiger partial charge on any atom is -0.456 e. The topological polar surface area (TPSA) is 68.3 Å². The highest BCUT2D eigenvalue weighted by molar-refractivity contribution is 5.91. The SMILES string of the molecule is Cc1ccc(C(=O)NCC2CCCC(N)C2)o1.Cl. The lowest BCUT2D eigenvalue weighted by molar-refractivity contribution is 0.0913. The molecule has 1 fully saturated rings. The van der Waals surface area contributed by atoms with Gasteiger partial charge in [-0.05, 0) is 44.2 Å². The Labute approximate surface area is 114 Å². The summed E-state index contributed by atoms with van der Waals surface area (Å²) < 4.78 is 5.27. The first kappa shape index (κ1) is 15.1. The summed E-state index contributed by atoms with van der Waals surface area (Å²) in [6, 6.07) is 3.81. The third-order valence-corrected chi connectivity index (χ3v) is 3.34. The maximum atomic E-state index is 11.7. The lowest BCUT2D eigenvalue weighted by atomic mass is 9.86. The number of aryl methyl sites for hydroxylation is 1. The van der Waals surface area contributed by atoms with E-state index >= 15 is 0 Å². The van der Waals surface area contributed by atoms with Gasteiger partial charge in [0.25, 0.3) is 5.91 Å². The maximum Gasteiger partial charge on any atom is 0.287 e. The van der Waals surface area contributed by atoms with Crippen LogP contribution in [0.1, 0.15) is 42.0 Å². The Morgan fingerprint density at radius 1 is 1.50 bits per heavy atom. The molecule has 1 aliphatic carbocycles. The second-order valence-electron chi connectivity index (χ2n) is 4.91. The van der Waals surface area contributed by atoms with E-state index in [9.17, 15) is 4.79 Å². The van der Waals surface area contributed by atoms with Crippen LogP contribution in [0, 0.1) is 12.8 Å². The molecule has 0 bridgehead atoms. The van der Waals surface area contributed by atoms with Crippen molar-refractivity contribution < 1.29 is 9.21 Å². The van der Waals surface area contributed by atoms with E-state index in [0.29, 0.717) is 24.3 Å². The van der Waals surface area contributed by atoms with E-state index in [1.807, 2.05) is 6.92 Å². The number of carbonyl (C=O) groups is 1. The molecule has 0 spiro atoms. The predicted molar refractivity (Wildman–Crippen MR) is 73.0 cm³/mol. The van der Waals surface area contributed by atoms with Gasteiger partial charge in [-0.15, -0.1) is 12.4 Å². The van der Waals surface area contributed by atoms with Crippen LogP contribution in [0.2, 0.25) is 0 Å². The summed E-state index contributed by atoms with van der Waals surface area (Å²) >= 11 is 0. The molecule has 1 heterocycles. The van der Waals surface area contributed by atoms with Gasteiger partial charge in [-0.1, -0.05) is 6.42 Å². The number of rotatable bonds is 3. The second-order valence-corrected chi connectivity index (χ2v) is 4.91. The van der Waals surface area contributed by atoms with Gasteiger partial charge in [0, 0.05) is 12.6 Å². The molecule has 4 nitrogen and oxygen atoms in total. The minimum atomic E-state index is -0.128. The van der Waals surface area contributed by atoms with Crippen molar-refractivity contribution in [3.05, 3.63) is 23.7 Å². The Bertz CT molecular complexity index is 392. The van der Waals surface area contributed by atoms with Crippen molar-refractivity contribution in [3.63, 3.8) is 0 Å². The van der Waals surface area contributed by atoms with E-state index in [-0.39, 0.29) is 18.3 Å². The molecule has 2 rings (SSSR count). The molecule has 1 saturated carbocycles. The zero-order valence-corrected chi connectivity index (χ0v) is 11.5. The molecule has 1 aromatic heterocycles. The fourth-order valence-corrected chi connectivity index (χ4v) is 2.40. The van der Waals surface area contributed by atoms with Gasteiger partial charge in [-0.25, -0.2) is 0 Å². The summed E-state index contributed by atoms with van der Waals surface area (Å²) in [7, 11) is 0. The lowest BCUT2D eigenvalue weighted by Crippen LogP contribution is -2.35. The molecule has 3 N–H and O–H groups in total. The largest absolute Gasteiger partial charge is 0.456 e. The molecule has 1 amide bonds. The van der Waals surface area contributed by atoms with Crippen LogP contribution in [0.15, 0.2) is 16.5 Å². The highest BCUT2D eigenvalue weighted by atomic mass is 35.5. The van der Waals surface area contributed by atoms with Gasteiger partial charge >= 0.3 is 0 Å². The van der Waals surface area contributed by atoms with Gasteiger partial charge in [0.15, 0.2) is 5.76 Å². The molecule has 1 aromatic rings. The fourth-order valence-electron chi connectivity index (χ4n) is 2.40. The number of amides is 1. The molecule has 0 radical (unpaired) electrons. The Kier molecular flexibility index (Phi) is 5.69. The fraction of sp³-hybridized carbons (Fsp3) is 0.615. The first-order chi connectivity index (χ1) is 8.15. The first-order valence-corrected chi connectivity index (χ1v) is 6.25. The van der Waals surface area contributed by atoms with Crippen LogP contribution in [-0.4, -0.2) is 18.5 Å². The van der Waals surface area contributed by atoms with Crippen LogP contribution in [0.5, 0.6) is 0 Å². The van der Waals surface area contributed by atoms with E-state index in [1.165, 1.54) is 6.42 Å². The minimum absolute atomic E-state index is 0. The van der Waals surface area contributed by atoms with E-state index in [2.05, 4.69) is 5.32 Å². The second kappa shape index (κ2) is 6.81. The number of nitrogens with one attached hydrogen (secondary N) is 1. The van der Waals surface area contributed by atoms with Crippen LogP contribution < -0.4 is 11.1 Å². The van der Waals surface area contributed by atoms with Gasteiger partial charge in [0.1, 0.15) is 5.76 Å². The molecule has 18 heavy (non-hydrogen) atoms. The molecule has 5 heteroatoms. The summed E-state index contributed by atoms with van der Waals surface area (Å²) in [5, 5.41) is 2.91. The maximum absolute atomic E-state index is 11.7. The van der Waals surface area contributed by atoms with Gasteiger partial charge in [-0.2, -0.15) is 0 Å². The van der Waals surface area contributed by atoms with Crippen molar-refractivity contribution in [2.24, 2.45) is 11.7 Å². The number of carbonyl (C=O) groups excluding carboxylic acids is 1. The Morgan fingerprint density at radius 3 is 2.89 bits per heavy atom. The summed E-state index contributed by atoms with van der Waals surface area (Å²) in [6.07, 6.45) is 4.45. The summed E-state index contributed by atoms with van der Waals surface area (Å²) in [4.78, 5) is 11.7. The van der Waals surface area contributed by atoms with E-state index in [1.54, 1.807) is 12.1 Å². The summed E-state index contributed by atoms with van der Waals surface area (Å²) in [5.41, 5.74) is 5.91. The molecule has 102 valence electrons. The Balaban J connectivity index is 0.00000162. The first-order valence-electron chi connectivity index (χ1n) is 6.25. The van der Waals surface area contributed by atoms with Crippen LogP contribution in [-0.2, 0) is 0 Å². The molecule has 0 saturated heterocycles. The number of hydrogen-bond acceptors (Lipinski definition) is 3. The highest BCUT2D eigenvalue weighted by Crippen LogP contribution is 2.22. The van der Waals surface area contributed by atoms with E-state index in [0.717, 1.165) is 25.0 Å². The van der Waals surface area contributed by atoms with Gasteiger partial charge in [0.05, 0.1) is 0 Å². The van der Waals surface area contributed by atoms with Gasteiger partial charge in [-0.3, -0.25) is 4.79 Å². The molecule has 1 aliphatic rings. The summed E-state index contributed by atoms with van der Waals surface area (Å²) in [6.45, 7) is 2.53. The number of furan rings is 1. The highest BCUT2D eigenvalue weighted by Gasteiger charge is 2.20. The smallest absolute Gasteiger partial charge is 0.287 e. The average molecular weight is 273 g/mol. The number of hydrogen-bond donors (Lipinski definition) is 2. The van der Waals surface area contributed by atoms with Crippen LogP contribution in [0.25, 0.3) is 0 Å². The van der Waals surface area contributed by atoms with Crippen molar-refractivity contribution in [2.45, 2.75) is 38.6 Å². The van der Waals surface area contributed by atoms with Crippen molar-refractivity contribution in [1.29, 1.82) is 0 Å². The Hall–Kier alpha value is -1.00. The van der Waals surface area contributed by atoms with Crippen molar-refractivity contribution in [1.82, 2.24) is 5.32 Å². The monoisotopic (exact) mass is 272 g/mol. The molecule has 2 unspecified atom stereocenters. The third kappa shape index (κ3) is 4.03. The van der Waals surface area contributed by atoms with Gasteiger partial charge in [0.2, 0.25) is 0 Å². The Morgan fingerprint density at radius 2 is 2.28 bits per heavy atom. The van der Waals surface area contributed by atoms with E-state index in [4.69, 9.17) is 10.2 Å². The number of halogens is 1. The van der Waals surface area contributed by atoms with Crippen LogP contribution in [0.3, 0.4) is 0 Å².